The van der Waals surface area contributed by atoms with Crippen molar-refractivity contribution in [2.24, 2.45) is 5.73 Å². The van der Waals surface area contributed by atoms with Crippen molar-refractivity contribution in [1.82, 2.24) is 0 Å². The van der Waals surface area contributed by atoms with Crippen molar-refractivity contribution in [3.8, 4) is 0 Å². The van der Waals surface area contributed by atoms with E-state index in [4.69, 9.17) is 10.2 Å². The Hall–Kier alpha value is -3.08. The first kappa shape index (κ1) is 16.8. The normalized spacial score (nSPS) is 12.1. The minimum Gasteiger partial charge on any atom is -0.446 e. The maximum absolute atomic E-state index is 14.2. The first-order valence-electron chi connectivity index (χ1n) is 7.91. The number of primary amides is 1. The van der Waals surface area contributed by atoms with Crippen LogP contribution in [0, 0.1) is 12.7 Å². The van der Waals surface area contributed by atoms with Crippen molar-refractivity contribution in [2.75, 3.05) is 5.32 Å². The molecule has 0 bridgehead atoms. The number of amides is 1. The molecule has 2 aromatic carbocycles. The number of carbonyl (C=O) groups is 1. The van der Waals surface area contributed by atoms with Gasteiger partial charge in [-0.25, -0.2) is 4.39 Å². The smallest absolute Gasteiger partial charge is 0.286 e. The van der Waals surface area contributed by atoms with Crippen LogP contribution in [0.4, 0.5) is 10.1 Å². The highest BCUT2D eigenvalue weighted by molar-refractivity contribution is 6.06. The summed E-state index contributed by atoms with van der Waals surface area (Å²) in [7, 11) is 0. The van der Waals surface area contributed by atoms with Crippen LogP contribution in [0.1, 0.15) is 34.5 Å². The Morgan fingerprint density at radius 1 is 1.28 bits per heavy atom. The summed E-state index contributed by atoms with van der Waals surface area (Å²) < 4.78 is 19.5. The summed E-state index contributed by atoms with van der Waals surface area (Å²) >= 11 is 0. The average Bonchev–Trinajstić information content (AvgIpc) is 2.94. The summed E-state index contributed by atoms with van der Waals surface area (Å²) in [5, 5.41) is 3.58. The van der Waals surface area contributed by atoms with Crippen LogP contribution in [0.5, 0.6) is 0 Å². The molecule has 3 rings (SSSR count). The average molecular weight is 338 g/mol. The van der Waals surface area contributed by atoms with Gasteiger partial charge in [0.1, 0.15) is 0 Å². The van der Waals surface area contributed by atoms with Gasteiger partial charge in [0.05, 0.1) is 5.69 Å². The molecule has 0 fully saturated rings. The van der Waals surface area contributed by atoms with Gasteiger partial charge in [0, 0.05) is 17.0 Å². The van der Waals surface area contributed by atoms with Crippen LogP contribution in [0.2, 0.25) is 0 Å². The topological polar surface area (TPSA) is 68.3 Å². The van der Waals surface area contributed by atoms with E-state index in [0.717, 1.165) is 5.56 Å². The minimum atomic E-state index is -0.768. The first-order valence-corrected chi connectivity index (χ1v) is 7.91. The summed E-state index contributed by atoms with van der Waals surface area (Å²) in [4.78, 5) is 11.7. The largest absolute Gasteiger partial charge is 0.446 e. The van der Waals surface area contributed by atoms with Crippen molar-refractivity contribution in [3.63, 3.8) is 0 Å². The van der Waals surface area contributed by atoms with E-state index in [-0.39, 0.29) is 17.3 Å². The Morgan fingerprint density at radius 3 is 2.60 bits per heavy atom. The van der Waals surface area contributed by atoms with Crippen LogP contribution in [-0.2, 0) is 0 Å². The number of nitrogens with two attached hydrogens (primary N) is 1. The lowest BCUT2D eigenvalue weighted by atomic mass is 9.98. The highest BCUT2D eigenvalue weighted by Crippen LogP contribution is 2.35. The fraction of sp³-hybridized carbons (Fsp3) is 0.150. The number of rotatable bonds is 5. The highest BCUT2D eigenvalue weighted by atomic mass is 19.1. The monoisotopic (exact) mass is 338 g/mol. The number of allylic oxidation sites excluding steroid dienone is 1. The molecule has 0 radical (unpaired) electrons. The van der Waals surface area contributed by atoms with E-state index in [2.05, 4.69) is 11.9 Å². The Balaban J connectivity index is 2.04. The van der Waals surface area contributed by atoms with E-state index in [1.165, 1.54) is 6.07 Å². The molecule has 0 saturated carbocycles. The van der Waals surface area contributed by atoms with Crippen LogP contribution in [0.15, 0.2) is 59.2 Å². The molecule has 0 saturated heterocycles. The number of anilines is 1. The van der Waals surface area contributed by atoms with Gasteiger partial charge in [-0.3, -0.25) is 4.79 Å². The number of hydrogen-bond donors (Lipinski definition) is 2. The van der Waals surface area contributed by atoms with Crippen LogP contribution < -0.4 is 11.1 Å². The molecule has 4 nitrogen and oxygen atoms in total. The number of nitrogens with one attached hydrogen (secondary N) is 1. The third kappa shape index (κ3) is 3.13. The fourth-order valence-electron chi connectivity index (χ4n) is 2.80. The maximum Gasteiger partial charge on any atom is 0.286 e. The number of fused-ring (bicyclic) bond motifs is 1. The van der Waals surface area contributed by atoms with Gasteiger partial charge in [-0.15, -0.1) is 0 Å². The molecule has 3 N–H and O–H groups in total. The maximum atomic E-state index is 14.2. The predicted molar refractivity (Wildman–Crippen MR) is 97.0 cm³/mol. The van der Waals surface area contributed by atoms with Crippen molar-refractivity contribution in [1.29, 1.82) is 0 Å². The van der Waals surface area contributed by atoms with E-state index in [1.807, 2.05) is 37.3 Å². The van der Waals surface area contributed by atoms with E-state index in [0.29, 0.717) is 22.3 Å². The molecule has 5 heteroatoms. The Kier molecular flexibility index (Phi) is 4.31. The van der Waals surface area contributed by atoms with E-state index < -0.39 is 11.7 Å². The van der Waals surface area contributed by atoms with Crippen molar-refractivity contribution in [2.45, 2.75) is 19.8 Å². The Labute approximate surface area is 145 Å². The Morgan fingerprint density at radius 2 is 1.96 bits per heavy atom. The Bertz CT molecular complexity index is 961. The molecule has 1 atom stereocenters. The van der Waals surface area contributed by atoms with E-state index in [1.54, 1.807) is 13.0 Å². The third-order valence-corrected chi connectivity index (χ3v) is 4.22. The molecule has 0 aliphatic rings. The quantitative estimate of drug-likeness (QED) is 0.708. The zero-order valence-corrected chi connectivity index (χ0v) is 14.1. The second-order valence-electron chi connectivity index (χ2n) is 6.08. The van der Waals surface area contributed by atoms with Crippen LogP contribution >= 0.6 is 0 Å². The predicted octanol–water partition coefficient (Wildman–Crippen LogP) is 4.71. The van der Waals surface area contributed by atoms with Crippen LogP contribution in [-0.4, -0.2) is 5.91 Å². The lowest BCUT2D eigenvalue weighted by Gasteiger charge is -2.17. The molecule has 0 aliphatic heterocycles. The molecule has 3 aromatic rings. The molecule has 1 aromatic heterocycles. The van der Waals surface area contributed by atoms with E-state index in [9.17, 15) is 9.18 Å². The third-order valence-electron chi connectivity index (χ3n) is 4.22. The molecular weight excluding hydrogens is 319 g/mol. The fourth-order valence-corrected chi connectivity index (χ4v) is 2.80. The number of furan rings is 1. The highest BCUT2D eigenvalue weighted by Gasteiger charge is 2.23. The number of aryl methyl sites for hydroxylation is 1. The second kappa shape index (κ2) is 6.43. The lowest BCUT2D eigenvalue weighted by molar-refractivity contribution is 0.0977. The van der Waals surface area contributed by atoms with Gasteiger partial charge in [0.25, 0.3) is 5.91 Å². The number of halogens is 1. The van der Waals surface area contributed by atoms with Gasteiger partial charge >= 0.3 is 0 Å². The molecule has 0 aliphatic carbocycles. The number of hydrogen-bond acceptors (Lipinski definition) is 3. The summed E-state index contributed by atoms with van der Waals surface area (Å²) in [5.41, 5.74) is 8.18. The zero-order valence-electron chi connectivity index (χ0n) is 14.1. The summed E-state index contributed by atoms with van der Waals surface area (Å²) in [6.07, 6.45) is 0. The van der Waals surface area contributed by atoms with Gasteiger partial charge in [-0.1, -0.05) is 43.8 Å². The van der Waals surface area contributed by atoms with E-state index >= 15 is 0 Å². The molecule has 128 valence electrons. The van der Waals surface area contributed by atoms with Gasteiger partial charge in [-0.2, -0.15) is 0 Å². The van der Waals surface area contributed by atoms with Gasteiger partial charge in [0.2, 0.25) is 5.76 Å². The van der Waals surface area contributed by atoms with Gasteiger partial charge in [-0.05, 0) is 30.2 Å². The van der Waals surface area contributed by atoms with Crippen LogP contribution in [0.25, 0.3) is 11.0 Å². The number of carbonyl (C=O) groups excluding carboxylic acids is 1. The van der Waals surface area contributed by atoms with Gasteiger partial charge in [0.15, 0.2) is 11.4 Å². The first-order chi connectivity index (χ1) is 11.9. The molecule has 1 heterocycles. The molecule has 0 spiro atoms. The van der Waals surface area contributed by atoms with Crippen molar-refractivity contribution < 1.29 is 13.6 Å². The van der Waals surface area contributed by atoms with Gasteiger partial charge < -0.3 is 15.5 Å². The molecular formula is C20H19FN2O2. The molecule has 25 heavy (non-hydrogen) atoms. The van der Waals surface area contributed by atoms with Crippen molar-refractivity contribution in [3.05, 3.63) is 77.4 Å². The van der Waals surface area contributed by atoms with Crippen molar-refractivity contribution >= 4 is 22.6 Å². The lowest BCUT2D eigenvalue weighted by Crippen LogP contribution is -2.14. The van der Waals surface area contributed by atoms with Crippen LogP contribution in [0.3, 0.4) is 0 Å². The molecule has 1 amide bonds. The number of benzene rings is 2. The zero-order chi connectivity index (χ0) is 18.1. The molecule has 1 unspecified atom stereocenters. The second-order valence-corrected chi connectivity index (χ2v) is 6.08. The summed E-state index contributed by atoms with van der Waals surface area (Å²) in [6, 6.07) is 12.9. The summed E-state index contributed by atoms with van der Waals surface area (Å²) in [6.45, 7) is 7.82. The summed E-state index contributed by atoms with van der Waals surface area (Å²) in [5.74, 6) is -1.44. The minimum absolute atomic E-state index is 0.00191. The SMILES string of the molecule is C=C(Nc1c(C(N)=O)oc2c(F)cc(C)cc12)C(C)c1ccccc1. The standard InChI is InChI=1S/C20H19FN2O2/c1-11-9-15-17(19(20(22)24)25-18(15)16(21)10-11)23-13(3)12(2)14-7-5-4-6-8-14/h4-10,12,23H,3H2,1-2H3,(H2,22,24).